The number of pyridine rings is 1. The zero-order valence-electron chi connectivity index (χ0n) is 8.97. The van der Waals surface area contributed by atoms with Crippen molar-refractivity contribution in [2.75, 3.05) is 21.1 Å². The molecule has 2 aromatic rings. The minimum atomic E-state index is 0.760. The van der Waals surface area contributed by atoms with Crippen LogP contribution in [0.1, 0.15) is 0 Å². The Morgan fingerprint density at radius 1 is 1.53 bits per heavy atom. The first kappa shape index (κ1) is 9.57. The Morgan fingerprint density at radius 3 is 3.00 bits per heavy atom. The van der Waals surface area contributed by atoms with Crippen LogP contribution in [0.15, 0.2) is 23.3 Å². The van der Waals surface area contributed by atoms with Crippen molar-refractivity contribution in [2.24, 2.45) is 4.99 Å². The molecule has 0 aliphatic heterocycles. The molecule has 0 fully saturated rings. The number of rotatable bonds is 0. The average Bonchev–Trinajstić information content (AvgIpc) is 2.63. The molecular weight excluding hydrogens is 192 g/mol. The van der Waals surface area contributed by atoms with E-state index in [1.807, 2.05) is 31.1 Å². The predicted molar refractivity (Wildman–Crippen MR) is 56.5 cm³/mol. The lowest BCUT2D eigenvalue weighted by Gasteiger charge is -2.07. The number of hydrogen-bond acceptors (Lipinski definition) is 3. The van der Waals surface area contributed by atoms with E-state index in [0.29, 0.717) is 0 Å². The maximum atomic E-state index is 4.25. The summed E-state index contributed by atoms with van der Waals surface area (Å²) in [6.07, 6.45) is 1.73. The summed E-state index contributed by atoms with van der Waals surface area (Å²) in [4.78, 5) is 10.3. The summed E-state index contributed by atoms with van der Waals surface area (Å²) in [7, 11) is 5.58. The Balaban J connectivity index is 2.62. The van der Waals surface area contributed by atoms with E-state index < -0.39 is 0 Å². The van der Waals surface area contributed by atoms with Crippen LogP contribution in [0.4, 0.5) is 0 Å². The molecule has 0 atom stereocenters. The van der Waals surface area contributed by atoms with Crippen LogP contribution in [0.3, 0.4) is 0 Å². The summed E-state index contributed by atoms with van der Waals surface area (Å²) in [5.74, 6) is 0.760. The number of nitrogens with one attached hydrogen (secondary N) is 1. The van der Waals surface area contributed by atoms with Crippen LogP contribution in [0.25, 0.3) is 11.2 Å². The van der Waals surface area contributed by atoms with Gasteiger partial charge in [-0.15, -0.1) is 9.90 Å². The lowest BCUT2D eigenvalue weighted by Crippen LogP contribution is -2.53. The number of H-pyrrole nitrogens is 1. The zero-order chi connectivity index (χ0) is 10.8. The Labute approximate surface area is 87.2 Å². The second-order valence-corrected chi connectivity index (χ2v) is 3.31. The van der Waals surface area contributed by atoms with Crippen molar-refractivity contribution in [1.82, 2.24) is 20.2 Å². The van der Waals surface area contributed by atoms with E-state index in [9.17, 15) is 0 Å². The highest BCUT2D eigenvalue weighted by molar-refractivity contribution is 5.75. The maximum Gasteiger partial charge on any atom is 0.339 e. The Hall–Kier alpha value is -1.98. The van der Waals surface area contributed by atoms with E-state index in [4.69, 9.17) is 0 Å². The first-order valence-corrected chi connectivity index (χ1v) is 4.59. The van der Waals surface area contributed by atoms with Crippen LogP contribution in [0.2, 0.25) is 0 Å². The van der Waals surface area contributed by atoms with Crippen molar-refractivity contribution in [2.45, 2.75) is 0 Å². The standard InChI is InChI=1S/C9H12N6/c1-10-9(14(2)3)15-8-7(12-13-15)5-4-6-11-8/h4-6H,1-3H3/p+1. The summed E-state index contributed by atoms with van der Waals surface area (Å²) >= 11 is 0. The van der Waals surface area contributed by atoms with E-state index in [1.165, 1.54) is 0 Å². The fourth-order valence-corrected chi connectivity index (χ4v) is 1.44. The van der Waals surface area contributed by atoms with E-state index in [1.54, 1.807) is 17.9 Å². The molecule has 0 saturated heterocycles. The second-order valence-electron chi connectivity index (χ2n) is 3.31. The van der Waals surface area contributed by atoms with Crippen molar-refractivity contribution in [3.63, 3.8) is 0 Å². The van der Waals surface area contributed by atoms with Crippen molar-refractivity contribution in [1.29, 1.82) is 0 Å². The van der Waals surface area contributed by atoms with E-state index in [0.717, 1.165) is 17.1 Å². The highest BCUT2D eigenvalue weighted by Gasteiger charge is 2.17. The van der Waals surface area contributed by atoms with Gasteiger partial charge in [0.1, 0.15) is 0 Å². The van der Waals surface area contributed by atoms with Crippen LogP contribution in [0.5, 0.6) is 0 Å². The smallest absolute Gasteiger partial charge is 0.297 e. The highest BCUT2D eigenvalue weighted by atomic mass is 15.5. The summed E-state index contributed by atoms with van der Waals surface area (Å²) in [6.45, 7) is 0. The van der Waals surface area contributed by atoms with Gasteiger partial charge in [0.15, 0.2) is 5.52 Å². The minimum Gasteiger partial charge on any atom is -0.297 e. The third-order valence-electron chi connectivity index (χ3n) is 2.05. The second kappa shape index (κ2) is 3.64. The molecule has 0 saturated carbocycles. The van der Waals surface area contributed by atoms with Crippen molar-refractivity contribution >= 4 is 17.1 Å². The van der Waals surface area contributed by atoms with Gasteiger partial charge in [-0.05, 0) is 12.1 Å². The lowest BCUT2D eigenvalue weighted by molar-refractivity contribution is -0.606. The molecule has 0 aromatic carbocycles. The van der Waals surface area contributed by atoms with Crippen LogP contribution < -0.4 is 4.68 Å². The zero-order valence-corrected chi connectivity index (χ0v) is 8.97. The summed E-state index contributed by atoms with van der Waals surface area (Å²) in [5, 5.41) is 7.02. The Kier molecular flexibility index (Phi) is 2.32. The van der Waals surface area contributed by atoms with Gasteiger partial charge in [0.2, 0.25) is 0 Å². The van der Waals surface area contributed by atoms with Gasteiger partial charge in [-0.3, -0.25) is 4.90 Å². The molecule has 0 aliphatic carbocycles. The quantitative estimate of drug-likeness (QED) is 0.363. The summed E-state index contributed by atoms with van der Waals surface area (Å²) in [5.41, 5.74) is 1.59. The van der Waals surface area contributed by atoms with Crippen LogP contribution in [0, 0.1) is 0 Å². The molecule has 6 nitrogen and oxygen atoms in total. The summed E-state index contributed by atoms with van der Waals surface area (Å²) < 4.78 is 1.75. The monoisotopic (exact) mass is 205 g/mol. The fraction of sp³-hybridized carbons (Fsp3) is 0.333. The highest BCUT2D eigenvalue weighted by Crippen LogP contribution is 2.00. The van der Waals surface area contributed by atoms with Crippen LogP contribution >= 0.6 is 0 Å². The molecule has 0 aliphatic rings. The van der Waals surface area contributed by atoms with Crippen molar-refractivity contribution in [3.8, 4) is 0 Å². The first-order valence-electron chi connectivity index (χ1n) is 4.59. The molecule has 2 heterocycles. The van der Waals surface area contributed by atoms with Gasteiger partial charge in [0.25, 0.3) is 5.65 Å². The predicted octanol–water partition coefficient (Wildman–Crippen LogP) is -0.359. The molecule has 2 aromatic heterocycles. The Morgan fingerprint density at radius 2 is 2.33 bits per heavy atom. The molecule has 0 spiro atoms. The lowest BCUT2D eigenvalue weighted by atomic mass is 10.4. The Bertz CT molecular complexity index is 498. The van der Waals surface area contributed by atoms with Gasteiger partial charge >= 0.3 is 5.96 Å². The van der Waals surface area contributed by atoms with Crippen molar-refractivity contribution in [3.05, 3.63) is 18.3 Å². The topological polar surface area (TPSA) is 61.0 Å². The number of aliphatic imine (C=N–C) groups is 1. The van der Waals surface area contributed by atoms with Gasteiger partial charge in [-0.2, -0.15) is 9.98 Å². The molecule has 15 heavy (non-hydrogen) atoms. The number of aromatic nitrogens is 4. The fourth-order valence-electron chi connectivity index (χ4n) is 1.44. The first-order chi connectivity index (χ1) is 7.24. The summed E-state index contributed by atoms with van der Waals surface area (Å²) in [6, 6.07) is 3.75. The van der Waals surface area contributed by atoms with Gasteiger partial charge in [-0.1, -0.05) is 5.10 Å². The number of aromatic amines is 1. The number of hydrogen-bond donors (Lipinski definition) is 1. The molecule has 0 bridgehead atoms. The van der Waals surface area contributed by atoms with E-state index >= 15 is 0 Å². The van der Waals surface area contributed by atoms with Gasteiger partial charge in [0.05, 0.1) is 13.2 Å². The largest absolute Gasteiger partial charge is 0.339 e. The number of fused-ring (bicyclic) bond motifs is 1. The number of nitrogens with zero attached hydrogens (tertiary/aromatic N) is 5. The third kappa shape index (κ3) is 1.54. The van der Waals surface area contributed by atoms with Crippen molar-refractivity contribution < 1.29 is 4.68 Å². The maximum absolute atomic E-state index is 4.25. The minimum absolute atomic E-state index is 0.760. The third-order valence-corrected chi connectivity index (χ3v) is 2.05. The van der Waals surface area contributed by atoms with Gasteiger partial charge < -0.3 is 0 Å². The van der Waals surface area contributed by atoms with E-state index in [-0.39, 0.29) is 0 Å². The van der Waals surface area contributed by atoms with E-state index in [2.05, 4.69) is 20.3 Å². The van der Waals surface area contributed by atoms with Crippen LogP contribution in [-0.2, 0) is 0 Å². The molecule has 6 heteroatoms. The normalized spacial score (nSPS) is 12.1. The SMILES string of the molecule is CN=C(N(C)C)[n+]1[nH]nc2cccnc21. The molecular formula is C9H13N6+. The molecule has 0 unspecified atom stereocenters. The average molecular weight is 205 g/mol. The van der Waals surface area contributed by atoms with Gasteiger partial charge in [0, 0.05) is 14.1 Å². The molecule has 78 valence electrons. The molecule has 1 N–H and O–H groups in total. The van der Waals surface area contributed by atoms with Gasteiger partial charge in [-0.25, -0.2) is 0 Å². The molecule has 0 amide bonds. The van der Waals surface area contributed by atoms with Crippen LogP contribution in [-0.4, -0.2) is 47.3 Å². The molecule has 0 radical (unpaired) electrons. The molecule has 2 rings (SSSR count).